The zero-order valence-corrected chi connectivity index (χ0v) is 11.1. The van der Waals surface area contributed by atoms with Gasteiger partial charge in [-0.1, -0.05) is 6.07 Å². The first kappa shape index (κ1) is 11.9. The Labute approximate surface area is 106 Å². The van der Waals surface area contributed by atoms with Gasteiger partial charge in [-0.3, -0.25) is 0 Å². The SMILES string of the molecule is Cc1ccc(NC(C)(C)c2nccs2)cc1N. The van der Waals surface area contributed by atoms with E-state index in [-0.39, 0.29) is 5.54 Å². The summed E-state index contributed by atoms with van der Waals surface area (Å²) in [7, 11) is 0. The highest BCUT2D eigenvalue weighted by molar-refractivity contribution is 7.09. The lowest BCUT2D eigenvalue weighted by atomic mass is 10.1. The van der Waals surface area contributed by atoms with Crippen molar-refractivity contribution in [2.24, 2.45) is 0 Å². The summed E-state index contributed by atoms with van der Waals surface area (Å²) in [6, 6.07) is 6.03. The predicted octanol–water partition coefficient (Wildman–Crippen LogP) is 3.38. The molecule has 0 unspecified atom stereocenters. The molecule has 90 valence electrons. The van der Waals surface area contributed by atoms with E-state index in [0.29, 0.717) is 0 Å². The van der Waals surface area contributed by atoms with E-state index in [1.807, 2.05) is 36.7 Å². The van der Waals surface area contributed by atoms with Crippen LogP contribution in [0.3, 0.4) is 0 Å². The summed E-state index contributed by atoms with van der Waals surface area (Å²) in [4.78, 5) is 4.35. The second-order valence-corrected chi connectivity index (χ2v) is 5.55. The van der Waals surface area contributed by atoms with Crippen molar-refractivity contribution in [3.63, 3.8) is 0 Å². The minimum atomic E-state index is -0.185. The maximum atomic E-state index is 5.91. The van der Waals surface area contributed by atoms with Crippen molar-refractivity contribution < 1.29 is 0 Å². The molecule has 0 amide bonds. The van der Waals surface area contributed by atoms with E-state index in [0.717, 1.165) is 21.9 Å². The van der Waals surface area contributed by atoms with Crippen LogP contribution in [0.5, 0.6) is 0 Å². The number of nitrogens with two attached hydrogens (primary N) is 1. The van der Waals surface area contributed by atoms with Gasteiger partial charge in [0, 0.05) is 23.0 Å². The molecule has 4 heteroatoms. The number of nitrogens with one attached hydrogen (secondary N) is 1. The Morgan fingerprint density at radius 2 is 2.12 bits per heavy atom. The van der Waals surface area contributed by atoms with Crippen LogP contribution < -0.4 is 11.1 Å². The molecule has 0 radical (unpaired) electrons. The van der Waals surface area contributed by atoms with Gasteiger partial charge in [0.1, 0.15) is 5.01 Å². The summed E-state index contributed by atoms with van der Waals surface area (Å²) < 4.78 is 0. The minimum Gasteiger partial charge on any atom is -0.398 e. The second kappa shape index (κ2) is 4.37. The lowest BCUT2D eigenvalue weighted by Crippen LogP contribution is -2.27. The number of nitrogens with zero attached hydrogens (tertiary/aromatic N) is 1. The smallest absolute Gasteiger partial charge is 0.117 e. The van der Waals surface area contributed by atoms with E-state index in [2.05, 4.69) is 24.1 Å². The normalized spacial score (nSPS) is 11.5. The number of benzene rings is 1. The third kappa shape index (κ3) is 2.58. The fourth-order valence-corrected chi connectivity index (χ4v) is 2.38. The topological polar surface area (TPSA) is 50.9 Å². The highest BCUT2D eigenvalue weighted by Gasteiger charge is 2.22. The van der Waals surface area contributed by atoms with Gasteiger partial charge in [0.2, 0.25) is 0 Å². The maximum absolute atomic E-state index is 5.91. The van der Waals surface area contributed by atoms with E-state index in [9.17, 15) is 0 Å². The van der Waals surface area contributed by atoms with Crippen molar-refractivity contribution in [2.45, 2.75) is 26.3 Å². The number of aromatic nitrogens is 1. The van der Waals surface area contributed by atoms with E-state index >= 15 is 0 Å². The zero-order valence-electron chi connectivity index (χ0n) is 10.3. The van der Waals surface area contributed by atoms with Crippen molar-refractivity contribution >= 4 is 22.7 Å². The Morgan fingerprint density at radius 3 is 2.71 bits per heavy atom. The molecule has 1 aromatic carbocycles. The third-order valence-corrected chi connectivity index (χ3v) is 3.80. The van der Waals surface area contributed by atoms with Gasteiger partial charge < -0.3 is 11.1 Å². The van der Waals surface area contributed by atoms with Gasteiger partial charge in [0.25, 0.3) is 0 Å². The average Bonchev–Trinajstić information content (AvgIpc) is 2.77. The Balaban J connectivity index is 2.23. The summed E-state index contributed by atoms with van der Waals surface area (Å²) in [6.45, 7) is 6.23. The molecule has 2 aromatic rings. The number of thiazole rings is 1. The van der Waals surface area contributed by atoms with Crippen LogP contribution in [0.4, 0.5) is 11.4 Å². The first-order valence-electron chi connectivity index (χ1n) is 5.53. The molecule has 3 N–H and O–H groups in total. The van der Waals surface area contributed by atoms with Gasteiger partial charge in [-0.25, -0.2) is 4.98 Å². The Kier molecular flexibility index (Phi) is 3.07. The number of nitrogen functional groups attached to an aromatic ring is 1. The van der Waals surface area contributed by atoms with Gasteiger partial charge >= 0.3 is 0 Å². The van der Waals surface area contributed by atoms with E-state index in [1.54, 1.807) is 11.3 Å². The molecule has 0 atom stereocenters. The molecule has 0 aliphatic rings. The molecular formula is C13H17N3S. The highest BCUT2D eigenvalue weighted by Crippen LogP contribution is 2.28. The number of hydrogen-bond donors (Lipinski definition) is 2. The first-order valence-corrected chi connectivity index (χ1v) is 6.41. The van der Waals surface area contributed by atoms with Crippen molar-refractivity contribution in [3.8, 4) is 0 Å². The van der Waals surface area contributed by atoms with Crippen LogP contribution >= 0.6 is 11.3 Å². The lowest BCUT2D eigenvalue weighted by Gasteiger charge is -2.25. The van der Waals surface area contributed by atoms with Gasteiger partial charge in [0.05, 0.1) is 5.54 Å². The van der Waals surface area contributed by atoms with E-state index < -0.39 is 0 Å². The molecule has 17 heavy (non-hydrogen) atoms. The number of rotatable bonds is 3. The molecule has 3 nitrogen and oxygen atoms in total. The third-order valence-electron chi connectivity index (χ3n) is 2.70. The van der Waals surface area contributed by atoms with Gasteiger partial charge in [-0.15, -0.1) is 11.3 Å². The van der Waals surface area contributed by atoms with E-state index in [4.69, 9.17) is 5.73 Å². The number of anilines is 2. The van der Waals surface area contributed by atoms with Crippen LogP contribution in [0.15, 0.2) is 29.8 Å². The summed E-state index contributed by atoms with van der Waals surface area (Å²) in [5.41, 5.74) is 8.65. The van der Waals surface area contributed by atoms with Crippen LogP contribution in [0.1, 0.15) is 24.4 Å². The van der Waals surface area contributed by atoms with Crippen LogP contribution in [0.2, 0.25) is 0 Å². The summed E-state index contributed by atoms with van der Waals surface area (Å²) in [5.74, 6) is 0. The molecular weight excluding hydrogens is 230 g/mol. The minimum absolute atomic E-state index is 0.185. The van der Waals surface area contributed by atoms with Gasteiger partial charge in [-0.2, -0.15) is 0 Å². The summed E-state index contributed by atoms with van der Waals surface area (Å²) in [5, 5.41) is 6.51. The highest BCUT2D eigenvalue weighted by atomic mass is 32.1. The van der Waals surface area contributed by atoms with Crippen molar-refractivity contribution in [3.05, 3.63) is 40.3 Å². The molecule has 0 spiro atoms. The monoisotopic (exact) mass is 247 g/mol. The molecule has 0 bridgehead atoms. The molecule has 1 heterocycles. The Hall–Kier alpha value is -1.55. The quantitative estimate of drug-likeness (QED) is 0.817. The molecule has 0 aliphatic heterocycles. The van der Waals surface area contributed by atoms with Gasteiger partial charge in [0.15, 0.2) is 0 Å². The van der Waals surface area contributed by atoms with Gasteiger partial charge in [-0.05, 0) is 38.5 Å². The predicted molar refractivity (Wildman–Crippen MR) is 74.4 cm³/mol. The lowest BCUT2D eigenvalue weighted by molar-refractivity contribution is 0.604. The fraction of sp³-hybridized carbons (Fsp3) is 0.308. The van der Waals surface area contributed by atoms with E-state index in [1.165, 1.54) is 0 Å². The van der Waals surface area contributed by atoms with Crippen molar-refractivity contribution in [1.29, 1.82) is 0 Å². The number of aryl methyl sites for hydroxylation is 1. The van der Waals surface area contributed by atoms with Crippen LogP contribution in [0, 0.1) is 6.92 Å². The van der Waals surface area contributed by atoms with Crippen LogP contribution in [-0.2, 0) is 5.54 Å². The van der Waals surface area contributed by atoms with Crippen LogP contribution in [-0.4, -0.2) is 4.98 Å². The molecule has 0 saturated carbocycles. The first-order chi connectivity index (χ1) is 7.99. The van der Waals surface area contributed by atoms with Crippen molar-refractivity contribution in [1.82, 2.24) is 4.98 Å². The fourth-order valence-electron chi connectivity index (χ4n) is 1.66. The zero-order chi connectivity index (χ0) is 12.5. The molecule has 0 aliphatic carbocycles. The Bertz CT molecular complexity index is 503. The molecule has 2 rings (SSSR count). The molecule has 0 fully saturated rings. The maximum Gasteiger partial charge on any atom is 0.117 e. The summed E-state index contributed by atoms with van der Waals surface area (Å²) >= 11 is 1.65. The largest absolute Gasteiger partial charge is 0.398 e. The average molecular weight is 247 g/mol. The standard InChI is InChI=1S/C13H17N3S/c1-9-4-5-10(8-11(9)14)16-13(2,3)12-15-6-7-17-12/h4-8,16H,14H2,1-3H3. The number of hydrogen-bond acceptors (Lipinski definition) is 4. The van der Waals surface area contributed by atoms with Crippen molar-refractivity contribution in [2.75, 3.05) is 11.1 Å². The molecule has 1 aromatic heterocycles. The van der Waals surface area contributed by atoms with Crippen LogP contribution in [0.25, 0.3) is 0 Å². The second-order valence-electron chi connectivity index (χ2n) is 4.66. The summed E-state index contributed by atoms with van der Waals surface area (Å²) in [6.07, 6.45) is 1.83. The Morgan fingerprint density at radius 1 is 1.35 bits per heavy atom. The molecule has 0 saturated heterocycles.